The molecule has 0 unspecified atom stereocenters. The van der Waals surface area contributed by atoms with Gasteiger partial charge in [-0.15, -0.1) is 0 Å². The summed E-state index contributed by atoms with van der Waals surface area (Å²) >= 11 is 0. The summed E-state index contributed by atoms with van der Waals surface area (Å²) < 4.78 is 57.0. The van der Waals surface area contributed by atoms with E-state index in [2.05, 4.69) is 6.92 Å². The summed E-state index contributed by atoms with van der Waals surface area (Å²) in [5.41, 5.74) is -3.76. The molecule has 0 spiro atoms. The molecule has 0 aromatic heterocycles. The van der Waals surface area contributed by atoms with Crippen molar-refractivity contribution in [1.29, 1.82) is 0 Å². The molecule has 0 bridgehead atoms. The lowest BCUT2D eigenvalue weighted by Crippen LogP contribution is -2.53. The standard InChI is InChI=1S/C35H57F3O5/c1-4-5-6-7-8-9-10-11-12-13-14-15-16-17-18-19-20-21-22-26-29-31(32(39)41-2)43-33(40)34(42-3,35(36,37)38)30-27-24-23-25-28-30/h23-25,27-28,31H,4-22,26,29H2,1-3H3/t31-,34-/m1/s1. The number of rotatable bonds is 26. The topological polar surface area (TPSA) is 61.8 Å². The zero-order valence-electron chi connectivity index (χ0n) is 27.0. The summed E-state index contributed by atoms with van der Waals surface area (Å²) in [6.07, 6.45) is 18.2. The van der Waals surface area contributed by atoms with E-state index in [4.69, 9.17) is 14.2 Å². The molecule has 0 aliphatic rings. The molecular weight excluding hydrogens is 557 g/mol. The van der Waals surface area contributed by atoms with E-state index < -0.39 is 35.4 Å². The van der Waals surface area contributed by atoms with Crippen molar-refractivity contribution in [1.82, 2.24) is 0 Å². The first-order valence-electron chi connectivity index (χ1n) is 16.7. The van der Waals surface area contributed by atoms with E-state index in [0.29, 0.717) is 6.42 Å². The molecule has 43 heavy (non-hydrogen) atoms. The summed E-state index contributed by atoms with van der Waals surface area (Å²) in [4.78, 5) is 25.2. The van der Waals surface area contributed by atoms with Gasteiger partial charge in [0.15, 0.2) is 6.10 Å². The Kier molecular flexibility index (Phi) is 21.1. The van der Waals surface area contributed by atoms with E-state index in [9.17, 15) is 22.8 Å². The number of esters is 2. The monoisotopic (exact) mass is 614 g/mol. The Morgan fingerprint density at radius 3 is 1.40 bits per heavy atom. The van der Waals surface area contributed by atoms with E-state index in [1.807, 2.05) is 0 Å². The Labute approximate surface area is 258 Å². The molecule has 5 nitrogen and oxygen atoms in total. The van der Waals surface area contributed by atoms with Crippen LogP contribution in [0.25, 0.3) is 0 Å². The number of unbranched alkanes of at least 4 members (excludes halogenated alkanes) is 19. The number of carbonyl (C=O) groups excluding carboxylic acids is 2. The molecule has 0 heterocycles. The summed E-state index contributed by atoms with van der Waals surface area (Å²) in [6.45, 7) is 2.26. The molecule has 0 saturated carbocycles. The fourth-order valence-corrected chi connectivity index (χ4v) is 5.54. The normalized spacial score (nSPS) is 13.8. The molecule has 0 radical (unpaired) electrons. The Bertz CT molecular complexity index is 846. The van der Waals surface area contributed by atoms with Gasteiger partial charge in [-0.05, 0) is 12.8 Å². The molecule has 1 aromatic rings. The van der Waals surface area contributed by atoms with Gasteiger partial charge in [-0.25, -0.2) is 9.59 Å². The molecule has 0 N–H and O–H groups in total. The zero-order valence-corrected chi connectivity index (χ0v) is 27.0. The third kappa shape index (κ3) is 15.0. The van der Waals surface area contributed by atoms with Gasteiger partial charge in [-0.3, -0.25) is 0 Å². The van der Waals surface area contributed by atoms with E-state index in [0.717, 1.165) is 52.0 Å². The molecule has 0 fully saturated rings. The maximum atomic E-state index is 14.2. The fourth-order valence-electron chi connectivity index (χ4n) is 5.54. The van der Waals surface area contributed by atoms with Gasteiger partial charge in [-0.2, -0.15) is 13.2 Å². The highest BCUT2D eigenvalue weighted by Gasteiger charge is 2.64. The lowest BCUT2D eigenvalue weighted by atomic mass is 9.92. The van der Waals surface area contributed by atoms with Crippen LogP contribution in [0.5, 0.6) is 0 Å². The number of benzene rings is 1. The largest absolute Gasteiger partial charge is 0.466 e. The van der Waals surface area contributed by atoms with Crippen LogP contribution in [0.15, 0.2) is 30.3 Å². The molecule has 0 aliphatic heterocycles. The van der Waals surface area contributed by atoms with Crippen LogP contribution in [0.2, 0.25) is 0 Å². The van der Waals surface area contributed by atoms with Crippen molar-refractivity contribution < 1.29 is 37.0 Å². The predicted octanol–water partition coefficient (Wildman–Crippen LogP) is 10.4. The molecular formula is C35H57F3O5. The number of alkyl halides is 3. The van der Waals surface area contributed by atoms with Crippen molar-refractivity contribution >= 4 is 11.9 Å². The van der Waals surface area contributed by atoms with Crippen LogP contribution in [0, 0.1) is 0 Å². The summed E-state index contributed by atoms with van der Waals surface area (Å²) in [5, 5.41) is 0. The van der Waals surface area contributed by atoms with Gasteiger partial charge in [0.25, 0.3) is 5.60 Å². The van der Waals surface area contributed by atoms with Crippen LogP contribution in [0.3, 0.4) is 0 Å². The van der Waals surface area contributed by atoms with Crippen LogP contribution in [0.4, 0.5) is 13.2 Å². The van der Waals surface area contributed by atoms with Crippen molar-refractivity contribution in [3.8, 4) is 0 Å². The molecule has 0 saturated heterocycles. The van der Waals surface area contributed by atoms with E-state index in [1.54, 1.807) is 0 Å². The second-order valence-electron chi connectivity index (χ2n) is 11.7. The van der Waals surface area contributed by atoms with Gasteiger partial charge < -0.3 is 14.2 Å². The van der Waals surface area contributed by atoms with Crippen molar-refractivity contribution in [2.75, 3.05) is 14.2 Å². The Hall–Kier alpha value is -2.09. The molecule has 1 rings (SSSR count). The van der Waals surface area contributed by atoms with Gasteiger partial charge in [0, 0.05) is 12.7 Å². The maximum absolute atomic E-state index is 14.2. The van der Waals surface area contributed by atoms with Crippen molar-refractivity contribution in [2.45, 2.75) is 160 Å². The van der Waals surface area contributed by atoms with Crippen LogP contribution in [-0.4, -0.2) is 38.4 Å². The van der Waals surface area contributed by atoms with Gasteiger partial charge in [0.05, 0.1) is 7.11 Å². The predicted molar refractivity (Wildman–Crippen MR) is 166 cm³/mol. The summed E-state index contributed by atoms with van der Waals surface area (Å²) in [7, 11) is 1.92. The Morgan fingerprint density at radius 2 is 1.05 bits per heavy atom. The number of carbonyl (C=O) groups is 2. The minimum absolute atomic E-state index is 0.0871. The van der Waals surface area contributed by atoms with Gasteiger partial charge in [0.1, 0.15) is 0 Å². The second-order valence-corrected chi connectivity index (χ2v) is 11.7. The molecule has 248 valence electrons. The Balaban J connectivity index is 2.23. The van der Waals surface area contributed by atoms with E-state index in [-0.39, 0.29) is 6.42 Å². The number of hydrogen-bond acceptors (Lipinski definition) is 5. The SMILES string of the molecule is CCCCCCCCCCCCCCCCCCCCCC[C@@H](OC(=O)[C@](OC)(c1ccccc1)C(F)(F)F)C(=O)OC. The quantitative estimate of drug-likeness (QED) is 0.0767. The zero-order chi connectivity index (χ0) is 31.8. The minimum Gasteiger partial charge on any atom is -0.466 e. The first-order chi connectivity index (χ1) is 20.7. The van der Waals surface area contributed by atoms with Gasteiger partial charge in [-0.1, -0.05) is 159 Å². The molecule has 2 atom stereocenters. The average Bonchev–Trinajstić information content (AvgIpc) is 2.99. The molecule has 0 aliphatic carbocycles. The summed E-state index contributed by atoms with van der Waals surface area (Å²) in [5.74, 6) is -2.57. The van der Waals surface area contributed by atoms with Crippen molar-refractivity contribution in [3.63, 3.8) is 0 Å². The number of halogens is 3. The second kappa shape index (κ2) is 23.3. The smallest absolute Gasteiger partial charge is 0.432 e. The van der Waals surface area contributed by atoms with Crippen LogP contribution >= 0.6 is 0 Å². The highest BCUT2D eigenvalue weighted by Crippen LogP contribution is 2.43. The third-order valence-corrected chi connectivity index (χ3v) is 8.21. The van der Waals surface area contributed by atoms with Crippen LogP contribution < -0.4 is 0 Å². The minimum atomic E-state index is -5.10. The van der Waals surface area contributed by atoms with Crippen molar-refractivity contribution in [3.05, 3.63) is 35.9 Å². The maximum Gasteiger partial charge on any atom is 0.432 e. The number of ether oxygens (including phenoxy) is 3. The average molecular weight is 615 g/mol. The lowest BCUT2D eigenvalue weighted by molar-refractivity contribution is -0.278. The lowest BCUT2D eigenvalue weighted by Gasteiger charge is -2.33. The first-order valence-corrected chi connectivity index (χ1v) is 16.7. The first kappa shape index (κ1) is 38.9. The Morgan fingerprint density at radius 1 is 0.651 bits per heavy atom. The van der Waals surface area contributed by atoms with E-state index in [1.165, 1.54) is 115 Å². The molecule has 0 amide bonds. The summed E-state index contributed by atoms with van der Waals surface area (Å²) in [6, 6.07) is 6.57. The number of hydrogen-bond donors (Lipinski definition) is 0. The van der Waals surface area contributed by atoms with Crippen LogP contribution in [-0.2, 0) is 29.4 Å². The van der Waals surface area contributed by atoms with Gasteiger partial charge >= 0.3 is 18.1 Å². The van der Waals surface area contributed by atoms with Crippen molar-refractivity contribution in [2.24, 2.45) is 0 Å². The highest BCUT2D eigenvalue weighted by molar-refractivity contribution is 5.86. The number of methoxy groups -OCH3 is 2. The highest BCUT2D eigenvalue weighted by atomic mass is 19.4. The fraction of sp³-hybridized carbons (Fsp3) is 0.771. The van der Waals surface area contributed by atoms with Crippen LogP contribution in [0.1, 0.15) is 147 Å². The molecule has 1 aromatic carbocycles. The molecule has 8 heteroatoms. The third-order valence-electron chi connectivity index (χ3n) is 8.21. The van der Waals surface area contributed by atoms with Gasteiger partial charge in [0.2, 0.25) is 0 Å². The van der Waals surface area contributed by atoms with E-state index >= 15 is 0 Å².